The molecule has 2 aliphatic heterocycles. The summed E-state index contributed by atoms with van der Waals surface area (Å²) in [5.74, 6) is 0.827. The monoisotopic (exact) mass is 329 g/mol. The first kappa shape index (κ1) is 17.2. The van der Waals surface area contributed by atoms with Gasteiger partial charge in [-0.3, -0.25) is 14.8 Å². The van der Waals surface area contributed by atoms with Gasteiger partial charge in [0.15, 0.2) is 0 Å². The first-order valence-corrected chi connectivity index (χ1v) is 7.84. The fourth-order valence-corrected chi connectivity index (χ4v) is 3.42. The maximum atomic E-state index is 10.7. The Labute approximate surface area is 136 Å². The minimum atomic E-state index is -0.379. The topological polar surface area (TPSA) is 76.2 Å². The molecule has 3 rings (SSSR count). The average molecular weight is 330 g/mol. The molecule has 2 saturated heterocycles. The van der Waals surface area contributed by atoms with E-state index in [1.54, 1.807) is 10.9 Å². The number of nitrogens with one attached hydrogen (secondary N) is 1. The predicted octanol–water partition coefficient (Wildman–Crippen LogP) is 1.85. The molecule has 1 aromatic rings. The molecule has 124 valence electrons. The van der Waals surface area contributed by atoms with E-state index in [0.29, 0.717) is 6.04 Å². The van der Waals surface area contributed by atoms with Crippen molar-refractivity contribution < 1.29 is 4.92 Å². The fourth-order valence-electron chi connectivity index (χ4n) is 3.42. The van der Waals surface area contributed by atoms with Gasteiger partial charge in [-0.05, 0) is 44.7 Å². The van der Waals surface area contributed by atoms with Crippen LogP contribution in [0.15, 0.2) is 12.4 Å². The van der Waals surface area contributed by atoms with Gasteiger partial charge < -0.3 is 10.2 Å². The van der Waals surface area contributed by atoms with Crippen LogP contribution in [0, 0.1) is 16.0 Å². The van der Waals surface area contributed by atoms with Crippen molar-refractivity contribution in [2.24, 2.45) is 5.92 Å². The molecule has 0 saturated carbocycles. The second-order valence-corrected chi connectivity index (χ2v) is 6.16. The van der Waals surface area contributed by atoms with E-state index in [4.69, 9.17) is 0 Å². The summed E-state index contributed by atoms with van der Waals surface area (Å²) in [5.41, 5.74) is 0.0899. The molecule has 1 N–H and O–H groups in total. The Balaban J connectivity index is 0.00000176. The van der Waals surface area contributed by atoms with E-state index >= 15 is 0 Å². The van der Waals surface area contributed by atoms with E-state index in [0.717, 1.165) is 44.9 Å². The van der Waals surface area contributed by atoms with Crippen molar-refractivity contribution in [1.29, 1.82) is 0 Å². The van der Waals surface area contributed by atoms with Crippen molar-refractivity contribution in [2.75, 3.05) is 32.7 Å². The lowest BCUT2D eigenvalue weighted by Crippen LogP contribution is -2.40. The highest BCUT2D eigenvalue weighted by Crippen LogP contribution is 2.25. The van der Waals surface area contributed by atoms with Gasteiger partial charge in [-0.1, -0.05) is 0 Å². The quantitative estimate of drug-likeness (QED) is 0.674. The molecular weight excluding hydrogens is 306 g/mol. The number of piperidine rings is 2. The Morgan fingerprint density at radius 1 is 1.27 bits per heavy atom. The van der Waals surface area contributed by atoms with Crippen molar-refractivity contribution in [1.82, 2.24) is 20.0 Å². The number of halogens is 1. The third-order valence-electron chi connectivity index (χ3n) is 4.71. The molecule has 0 aliphatic carbocycles. The van der Waals surface area contributed by atoms with Gasteiger partial charge in [0.25, 0.3) is 0 Å². The first-order valence-electron chi connectivity index (χ1n) is 7.84. The van der Waals surface area contributed by atoms with Gasteiger partial charge in [-0.25, -0.2) is 0 Å². The van der Waals surface area contributed by atoms with E-state index in [1.807, 2.05) is 0 Å². The first-order chi connectivity index (χ1) is 10.2. The van der Waals surface area contributed by atoms with Crippen LogP contribution >= 0.6 is 12.4 Å². The summed E-state index contributed by atoms with van der Waals surface area (Å²) in [6.07, 6.45) is 7.54. The lowest BCUT2D eigenvalue weighted by atomic mass is 9.96. The molecule has 2 aliphatic rings. The molecule has 0 aromatic carbocycles. The number of hydrogen-bond donors (Lipinski definition) is 1. The maximum Gasteiger partial charge on any atom is 0.307 e. The average Bonchev–Trinajstić information content (AvgIpc) is 2.99. The molecule has 3 heterocycles. The minimum Gasteiger partial charge on any atom is -0.317 e. The number of nitro groups is 1. The molecule has 2 fully saturated rings. The van der Waals surface area contributed by atoms with Crippen LogP contribution in [0.1, 0.15) is 31.7 Å². The highest BCUT2D eigenvalue weighted by atomic mass is 35.5. The lowest BCUT2D eigenvalue weighted by Gasteiger charge is -2.35. The Bertz CT molecular complexity index is 481. The number of hydrogen-bond acceptors (Lipinski definition) is 5. The summed E-state index contributed by atoms with van der Waals surface area (Å²) < 4.78 is 1.78. The van der Waals surface area contributed by atoms with Gasteiger partial charge in [0, 0.05) is 19.6 Å². The van der Waals surface area contributed by atoms with Gasteiger partial charge in [0.05, 0.1) is 11.0 Å². The zero-order valence-corrected chi connectivity index (χ0v) is 13.5. The normalized spacial score (nSPS) is 21.5. The van der Waals surface area contributed by atoms with Crippen molar-refractivity contribution in [3.8, 4) is 0 Å². The van der Waals surface area contributed by atoms with Crippen LogP contribution in [0.5, 0.6) is 0 Å². The molecule has 8 heteroatoms. The molecule has 0 unspecified atom stereocenters. The van der Waals surface area contributed by atoms with E-state index in [2.05, 4.69) is 15.3 Å². The standard InChI is InChI=1S/C14H23N5O2.ClH/c20-19(21)14-9-16-18(11-14)13-3-7-17(8-4-13)10-12-1-5-15-6-2-12;/h9,11-13,15H,1-8,10H2;1H. The Morgan fingerprint density at radius 3 is 2.55 bits per heavy atom. The maximum absolute atomic E-state index is 10.7. The van der Waals surface area contributed by atoms with Crippen LogP contribution in [-0.4, -0.2) is 52.3 Å². The Kier molecular flexibility index (Phi) is 6.16. The van der Waals surface area contributed by atoms with Crippen molar-refractivity contribution >= 4 is 18.1 Å². The smallest absolute Gasteiger partial charge is 0.307 e. The van der Waals surface area contributed by atoms with Crippen molar-refractivity contribution in [3.05, 3.63) is 22.5 Å². The lowest BCUT2D eigenvalue weighted by molar-refractivity contribution is -0.385. The predicted molar refractivity (Wildman–Crippen MR) is 86.4 cm³/mol. The van der Waals surface area contributed by atoms with Crippen LogP contribution in [-0.2, 0) is 0 Å². The third-order valence-corrected chi connectivity index (χ3v) is 4.71. The SMILES string of the molecule is Cl.O=[N+]([O-])c1cnn(C2CCN(CC3CCNCC3)CC2)c1. The molecule has 0 radical (unpaired) electrons. The fraction of sp³-hybridized carbons (Fsp3) is 0.786. The van der Waals surface area contributed by atoms with E-state index in [1.165, 1.54) is 25.6 Å². The van der Waals surface area contributed by atoms with Crippen LogP contribution in [0.2, 0.25) is 0 Å². The molecule has 7 nitrogen and oxygen atoms in total. The second kappa shape index (κ2) is 7.89. The summed E-state index contributed by atoms with van der Waals surface area (Å²) in [6, 6.07) is 0.308. The van der Waals surface area contributed by atoms with Gasteiger partial charge in [0.2, 0.25) is 0 Å². The largest absolute Gasteiger partial charge is 0.317 e. The summed E-state index contributed by atoms with van der Waals surface area (Å²) >= 11 is 0. The van der Waals surface area contributed by atoms with Crippen LogP contribution < -0.4 is 5.32 Å². The molecule has 0 bridgehead atoms. The summed E-state index contributed by atoms with van der Waals surface area (Å²) in [7, 11) is 0. The molecule has 0 spiro atoms. The molecule has 0 atom stereocenters. The van der Waals surface area contributed by atoms with Crippen LogP contribution in [0.4, 0.5) is 5.69 Å². The molecular formula is C14H24ClN5O2. The second-order valence-electron chi connectivity index (χ2n) is 6.16. The Morgan fingerprint density at radius 2 is 1.95 bits per heavy atom. The number of likely N-dealkylation sites (tertiary alicyclic amines) is 1. The highest BCUT2D eigenvalue weighted by molar-refractivity contribution is 5.85. The van der Waals surface area contributed by atoms with Gasteiger partial charge in [-0.15, -0.1) is 12.4 Å². The number of rotatable bonds is 4. The number of nitrogens with zero attached hydrogens (tertiary/aromatic N) is 4. The number of aromatic nitrogens is 2. The summed E-state index contributed by atoms with van der Waals surface area (Å²) in [6.45, 7) is 5.65. The minimum absolute atomic E-state index is 0. The summed E-state index contributed by atoms with van der Waals surface area (Å²) in [4.78, 5) is 12.9. The van der Waals surface area contributed by atoms with E-state index < -0.39 is 0 Å². The molecule has 0 amide bonds. The van der Waals surface area contributed by atoms with Gasteiger partial charge >= 0.3 is 5.69 Å². The highest BCUT2D eigenvalue weighted by Gasteiger charge is 2.24. The van der Waals surface area contributed by atoms with Gasteiger partial charge in [-0.2, -0.15) is 5.10 Å². The van der Waals surface area contributed by atoms with Crippen LogP contribution in [0.25, 0.3) is 0 Å². The Hall–Kier alpha value is -1.18. The van der Waals surface area contributed by atoms with Gasteiger partial charge in [0.1, 0.15) is 12.4 Å². The molecule has 1 aromatic heterocycles. The molecule has 22 heavy (non-hydrogen) atoms. The van der Waals surface area contributed by atoms with E-state index in [-0.39, 0.29) is 23.0 Å². The van der Waals surface area contributed by atoms with Crippen molar-refractivity contribution in [2.45, 2.75) is 31.7 Å². The van der Waals surface area contributed by atoms with Crippen LogP contribution in [0.3, 0.4) is 0 Å². The van der Waals surface area contributed by atoms with E-state index in [9.17, 15) is 10.1 Å². The zero-order chi connectivity index (χ0) is 14.7. The van der Waals surface area contributed by atoms with Crippen molar-refractivity contribution in [3.63, 3.8) is 0 Å². The summed E-state index contributed by atoms with van der Waals surface area (Å²) in [5, 5.41) is 18.3. The zero-order valence-electron chi connectivity index (χ0n) is 12.7. The third kappa shape index (κ3) is 4.18.